The molecule has 0 aliphatic carbocycles. The summed E-state index contributed by atoms with van der Waals surface area (Å²) in [6.07, 6.45) is 6.21. The molecule has 0 spiro atoms. The Labute approximate surface area is 176 Å². The molecular formula is C22H28ClN5O. The Morgan fingerprint density at radius 3 is 2.79 bits per heavy atom. The number of para-hydroxylation sites is 2. The average Bonchev–Trinajstić information content (AvgIpc) is 3.17. The van der Waals surface area contributed by atoms with Crippen molar-refractivity contribution < 1.29 is 4.79 Å². The van der Waals surface area contributed by atoms with Gasteiger partial charge in [-0.1, -0.05) is 37.1 Å². The molecule has 3 aromatic rings. The summed E-state index contributed by atoms with van der Waals surface area (Å²) >= 11 is 6.40. The largest absolute Gasteiger partial charge is 0.352 e. The number of carbonyl (C=O) groups excluding carboxylic acids is 1. The quantitative estimate of drug-likeness (QED) is 0.414. The first-order chi connectivity index (χ1) is 14.0. The van der Waals surface area contributed by atoms with Crippen LogP contribution in [0.5, 0.6) is 0 Å². The van der Waals surface area contributed by atoms with Crippen molar-refractivity contribution in [3.05, 3.63) is 52.6 Å². The van der Waals surface area contributed by atoms with Gasteiger partial charge in [0.1, 0.15) is 11.0 Å². The molecule has 0 radical (unpaired) electrons. The third kappa shape index (κ3) is 5.07. The van der Waals surface area contributed by atoms with Crippen molar-refractivity contribution in [2.24, 2.45) is 0 Å². The van der Waals surface area contributed by atoms with Gasteiger partial charge in [-0.05, 0) is 44.9 Å². The predicted octanol–water partition coefficient (Wildman–Crippen LogP) is 4.52. The molecule has 0 bridgehead atoms. The third-order valence-corrected chi connectivity index (χ3v) is 5.34. The summed E-state index contributed by atoms with van der Waals surface area (Å²) in [5.74, 6) is 0.858. The summed E-state index contributed by atoms with van der Waals surface area (Å²) in [6, 6.07) is 8.10. The summed E-state index contributed by atoms with van der Waals surface area (Å²) in [7, 11) is 0. The molecule has 7 heteroatoms. The lowest BCUT2D eigenvalue weighted by Gasteiger charge is -2.07. The minimum Gasteiger partial charge on any atom is -0.352 e. The Balaban J connectivity index is 1.51. The summed E-state index contributed by atoms with van der Waals surface area (Å²) in [5, 5.41) is 7.97. The molecule has 2 heterocycles. The minimum atomic E-state index is -0.131. The van der Waals surface area contributed by atoms with E-state index in [0.717, 1.165) is 60.5 Å². The zero-order chi connectivity index (χ0) is 20.8. The molecule has 0 unspecified atom stereocenters. The van der Waals surface area contributed by atoms with E-state index in [1.165, 1.54) is 6.08 Å². The molecule has 154 valence electrons. The fourth-order valence-corrected chi connectivity index (χ4v) is 3.68. The Hall–Kier alpha value is -2.60. The maximum atomic E-state index is 12.2. The van der Waals surface area contributed by atoms with Gasteiger partial charge in [0, 0.05) is 31.3 Å². The van der Waals surface area contributed by atoms with Gasteiger partial charge < -0.3 is 9.88 Å². The van der Waals surface area contributed by atoms with E-state index in [0.29, 0.717) is 11.7 Å². The zero-order valence-electron chi connectivity index (χ0n) is 17.3. The van der Waals surface area contributed by atoms with E-state index in [4.69, 9.17) is 11.6 Å². The van der Waals surface area contributed by atoms with E-state index in [9.17, 15) is 4.79 Å². The van der Waals surface area contributed by atoms with Gasteiger partial charge in [0.2, 0.25) is 5.91 Å². The van der Waals surface area contributed by atoms with Crippen LogP contribution in [0.3, 0.4) is 0 Å². The molecular weight excluding hydrogens is 386 g/mol. The highest BCUT2D eigenvalue weighted by Crippen LogP contribution is 2.21. The topological polar surface area (TPSA) is 64.7 Å². The van der Waals surface area contributed by atoms with E-state index in [1.54, 1.807) is 10.8 Å². The first-order valence-corrected chi connectivity index (χ1v) is 10.5. The number of aryl methyl sites for hydroxylation is 4. The monoisotopic (exact) mass is 413 g/mol. The number of nitrogens with zero attached hydrogens (tertiary/aromatic N) is 4. The zero-order valence-corrected chi connectivity index (χ0v) is 18.0. The van der Waals surface area contributed by atoms with Crippen molar-refractivity contribution in [1.82, 2.24) is 24.6 Å². The van der Waals surface area contributed by atoms with E-state index in [-0.39, 0.29) is 5.91 Å². The maximum absolute atomic E-state index is 12.2. The lowest BCUT2D eigenvalue weighted by Crippen LogP contribution is -2.23. The summed E-state index contributed by atoms with van der Waals surface area (Å²) in [6.45, 7) is 8.24. The number of fused-ring (bicyclic) bond motifs is 1. The number of imidazole rings is 1. The molecule has 1 aromatic carbocycles. The number of carbonyl (C=O) groups is 1. The highest BCUT2D eigenvalue weighted by molar-refractivity contribution is 6.31. The van der Waals surface area contributed by atoms with Crippen LogP contribution < -0.4 is 5.32 Å². The molecule has 29 heavy (non-hydrogen) atoms. The highest BCUT2D eigenvalue weighted by atomic mass is 35.5. The summed E-state index contributed by atoms with van der Waals surface area (Å²) in [4.78, 5) is 16.7. The van der Waals surface area contributed by atoms with E-state index in [2.05, 4.69) is 33.0 Å². The fourth-order valence-electron chi connectivity index (χ4n) is 3.36. The van der Waals surface area contributed by atoms with Crippen LogP contribution in [0, 0.1) is 13.8 Å². The minimum absolute atomic E-state index is 0.131. The van der Waals surface area contributed by atoms with Crippen LogP contribution in [0.2, 0.25) is 5.15 Å². The number of benzene rings is 1. The average molecular weight is 414 g/mol. The standard InChI is InChI=1S/C22H28ClN5O/c1-4-5-15-28-22(23)18(16(2)26-28)11-12-21(29)24-13-8-14-27-17(3)25-19-9-6-7-10-20(19)27/h6-7,9-12H,4-5,8,13-15H2,1-3H3,(H,24,29)/b12-11+. The fraction of sp³-hybridized carbons (Fsp3) is 0.409. The van der Waals surface area contributed by atoms with Crippen LogP contribution in [-0.2, 0) is 17.9 Å². The van der Waals surface area contributed by atoms with Crippen LogP contribution in [0.25, 0.3) is 17.1 Å². The number of rotatable bonds is 9. The molecule has 2 aromatic heterocycles. The molecule has 0 aliphatic heterocycles. The third-order valence-electron chi connectivity index (χ3n) is 4.94. The second-order valence-electron chi connectivity index (χ2n) is 7.14. The van der Waals surface area contributed by atoms with Crippen molar-refractivity contribution in [3.8, 4) is 0 Å². The van der Waals surface area contributed by atoms with Gasteiger partial charge >= 0.3 is 0 Å². The predicted molar refractivity (Wildman–Crippen MR) is 118 cm³/mol. The van der Waals surface area contributed by atoms with Gasteiger partial charge in [0.15, 0.2) is 0 Å². The van der Waals surface area contributed by atoms with Gasteiger partial charge in [0.25, 0.3) is 0 Å². The van der Waals surface area contributed by atoms with Crippen LogP contribution in [-0.4, -0.2) is 31.8 Å². The molecule has 1 N–H and O–H groups in total. The summed E-state index contributed by atoms with van der Waals surface area (Å²) in [5.41, 5.74) is 3.76. The number of halogens is 1. The van der Waals surface area contributed by atoms with Gasteiger partial charge in [-0.15, -0.1) is 0 Å². The number of hydrogen-bond acceptors (Lipinski definition) is 3. The van der Waals surface area contributed by atoms with E-state index < -0.39 is 0 Å². The molecule has 6 nitrogen and oxygen atoms in total. The number of unbranched alkanes of at least 4 members (excludes halogenated alkanes) is 1. The number of aromatic nitrogens is 4. The number of hydrogen-bond donors (Lipinski definition) is 1. The van der Waals surface area contributed by atoms with Crippen molar-refractivity contribution >= 4 is 34.6 Å². The Bertz CT molecular complexity index is 1020. The number of nitrogens with one attached hydrogen (secondary N) is 1. The van der Waals surface area contributed by atoms with Crippen molar-refractivity contribution in [2.75, 3.05) is 6.54 Å². The SMILES string of the molecule is CCCCn1nc(C)c(/C=C/C(=O)NCCCn2c(C)nc3ccccc32)c1Cl. The highest BCUT2D eigenvalue weighted by Gasteiger charge is 2.11. The molecule has 3 rings (SSSR count). The second-order valence-corrected chi connectivity index (χ2v) is 7.50. The van der Waals surface area contributed by atoms with Crippen molar-refractivity contribution in [3.63, 3.8) is 0 Å². The molecule has 0 saturated heterocycles. The van der Waals surface area contributed by atoms with Crippen molar-refractivity contribution in [1.29, 1.82) is 0 Å². The number of amides is 1. The van der Waals surface area contributed by atoms with Gasteiger partial charge in [0.05, 0.1) is 16.7 Å². The van der Waals surface area contributed by atoms with Gasteiger partial charge in [-0.3, -0.25) is 9.48 Å². The lowest BCUT2D eigenvalue weighted by molar-refractivity contribution is -0.116. The van der Waals surface area contributed by atoms with Crippen LogP contribution in [0.1, 0.15) is 43.3 Å². The van der Waals surface area contributed by atoms with Crippen LogP contribution in [0.4, 0.5) is 0 Å². The van der Waals surface area contributed by atoms with Gasteiger partial charge in [-0.2, -0.15) is 5.10 Å². The lowest BCUT2D eigenvalue weighted by atomic mass is 10.2. The van der Waals surface area contributed by atoms with Crippen molar-refractivity contribution in [2.45, 2.75) is 53.1 Å². The Morgan fingerprint density at radius 1 is 1.21 bits per heavy atom. The second kappa shape index (κ2) is 9.74. The first kappa shape index (κ1) is 21.1. The van der Waals surface area contributed by atoms with E-state index >= 15 is 0 Å². The van der Waals surface area contributed by atoms with Crippen LogP contribution >= 0.6 is 11.6 Å². The maximum Gasteiger partial charge on any atom is 0.244 e. The summed E-state index contributed by atoms with van der Waals surface area (Å²) < 4.78 is 3.99. The molecule has 0 saturated carbocycles. The Morgan fingerprint density at radius 2 is 2.00 bits per heavy atom. The van der Waals surface area contributed by atoms with E-state index in [1.807, 2.05) is 32.0 Å². The molecule has 0 aliphatic rings. The molecule has 1 amide bonds. The molecule has 0 atom stereocenters. The van der Waals surface area contributed by atoms with Crippen LogP contribution in [0.15, 0.2) is 30.3 Å². The van der Waals surface area contributed by atoms with Gasteiger partial charge in [-0.25, -0.2) is 4.98 Å². The Kier molecular flexibility index (Phi) is 7.09. The normalized spacial score (nSPS) is 11.6. The smallest absolute Gasteiger partial charge is 0.244 e. The molecule has 0 fully saturated rings. The first-order valence-electron chi connectivity index (χ1n) is 10.1.